The maximum Gasteiger partial charge on any atom is 0.0307 e. The summed E-state index contributed by atoms with van der Waals surface area (Å²) in [5.41, 5.74) is 7.27. The van der Waals surface area contributed by atoms with Gasteiger partial charge in [0.15, 0.2) is 0 Å². The Hall–Kier alpha value is -0.340. The van der Waals surface area contributed by atoms with Gasteiger partial charge in [-0.25, -0.2) is 0 Å². The van der Waals surface area contributed by atoms with Gasteiger partial charge in [0.1, 0.15) is 0 Å². The van der Waals surface area contributed by atoms with Gasteiger partial charge in [-0.05, 0) is 38.5 Å². The smallest absolute Gasteiger partial charge is 0.0307 e. The first kappa shape index (κ1) is 11.7. The number of nitrogens with two attached hydrogens (primary N) is 1. The molecular weight excluding hydrogens is 172 g/mol. The zero-order chi connectivity index (χ0) is 10.6. The van der Waals surface area contributed by atoms with Gasteiger partial charge >= 0.3 is 0 Å². The Kier molecular flexibility index (Phi) is 4.14. The van der Waals surface area contributed by atoms with E-state index in [0.717, 1.165) is 19.0 Å². The standard InChI is InChI=1S/C12H24N2/c1-10(2)8-14-12(9-13)6-4-11(3)5-7-12/h11,14H,1,4-9,13H2,2-3H3. The van der Waals surface area contributed by atoms with Crippen molar-refractivity contribution < 1.29 is 0 Å². The van der Waals surface area contributed by atoms with E-state index < -0.39 is 0 Å². The Morgan fingerprint density at radius 1 is 1.50 bits per heavy atom. The second kappa shape index (κ2) is 4.94. The van der Waals surface area contributed by atoms with Crippen molar-refractivity contribution in [3.8, 4) is 0 Å². The van der Waals surface area contributed by atoms with Gasteiger partial charge in [0.05, 0.1) is 0 Å². The van der Waals surface area contributed by atoms with Crippen molar-refractivity contribution in [1.82, 2.24) is 5.32 Å². The van der Waals surface area contributed by atoms with Gasteiger partial charge in [-0.1, -0.05) is 19.1 Å². The highest BCUT2D eigenvalue weighted by Gasteiger charge is 2.31. The molecule has 0 saturated heterocycles. The van der Waals surface area contributed by atoms with E-state index in [0.29, 0.717) is 0 Å². The van der Waals surface area contributed by atoms with E-state index in [1.807, 2.05) is 0 Å². The zero-order valence-corrected chi connectivity index (χ0v) is 9.60. The molecule has 0 aromatic carbocycles. The summed E-state index contributed by atoms with van der Waals surface area (Å²) in [6.45, 7) is 9.97. The van der Waals surface area contributed by atoms with Crippen molar-refractivity contribution in [2.24, 2.45) is 11.7 Å². The minimum atomic E-state index is 0.200. The predicted molar refractivity (Wildman–Crippen MR) is 62.2 cm³/mol. The molecule has 0 atom stereocenters. The predicted octanol–water partition coefficient (Wildman–Crippen LogP) is 2.06. The molecule has 0 bridgehead atoms. The zero-order valence-electron chi connectivity index (χ0n) is 9.60. The summed E-state index contributed by atoms with van der Waals surface area (Å²) in [5, 5.41) is 3.58. The fraction of sp³-hybridized carbons (Fsp3) is 0.833. The summed E-state index contributed by atoms with van der Waals surface area (Å²) >= 11 is 0. The van der Waals surface area contributed by atoms with Crippen LogP contribution in [0.4, 0.5) is 0 Å². The van der Waals surface area contributed by atoms with E-state index in [1.54, 1.807) is 0 Å². The highest BCUT2D eigenvalue weighted by molar-refractivity contribution is 4.99. The molecule has 1 aliphatic rings. The van der Waals surface area contributed by atoms with Crippen LogP contribution in [0, 0.1) is 5.92 Å². The highest BCUT2D eigenvalue weighted by atomic mass is 15.0. The number of hydrogen-bond acceptors (Lipinski definition) is 2. The van der Waals surface area contributed by atoms with Crippen LogP contribution in [0.3, 0.4) is 0 Å². The van der Waals surface area contributed by atoms with Crippen molar-refractivity contribution in [3.63, 3.8) is 0 Å². The molecule has 0 unspecified atom stereocenters. The van der Waals surface area contributed by atoms with Crippen LogP contribution >= 0.6 is 0 Å². The van der Waals surface area contributed by atoms with Crippen LogP contribution in [0.25, 0.3) is 0 Å². The van der Waals surface area contributed by atoms with Crippen molar-refractivity contribution in [2.75, 3.05) is 13.1 Å². The Bertz CT molecular complexity index is 190. The Labute approximate surface area is 87.9 Å². The third-order valence-corrected chi connectivity index (χ3v) is 3.39. The molecule has 14 heavy (non-hydrogen) atoms. The van der Waals surface area contributed by atoms with E-state index in [9.17, 15) is 0 Å². The topological polar surface area (TPSA) is 38.0 Å². The van der Waals surface area contributed by atoms with E-state index in [1.165, 1.54) is 31.3 Å². The Morgan fingerprint density at radius 3 is 2.50 bits per heavy atom. The second-order valence-corrected chi connectivity index (χ2v) is 4.98. The van der Waals surface area contributed by atoms with Crippen LogP contribution in [-0.4, -0.2) is 18.6 Å². The minimum Gasteiger partial charge on any atom is -0.329 e. The summed E-state index contributed by atoms with van der Waals surface area (Å²) in [6.07, 6.45) is 5.05. The first-order valence-electron chi connectivity index (χ1n) is 5.67. The van der Waals surface area contributed by atoms with Gasteiger partial charge < -0.3 is 11.1 Å². The van der Waals surface area contributed by atoms with Crippen LogP contribution in [0.15, 0.2) is 12.2 Å². The molecule has 1 saturated carbocycles. The number of rotatable bonds is 4. The van der Waals surface area contributed by atoms with Gasteiger partial charge in [-0.3, -0.25) is 0 Å². The molecule has 0 radical (unpaired) electrons. The van der Waals surface area contributed by atoms with Gasteiger partial charge in [0.25, 0.3) is 0 Å². The normalized spacial score (nSPS) is 32.9. The fourth-order valence-corrected chi connectivity index (χ4v) is 2.11. The molecule has 1 fully saturated rings. The molecule has 0 aromatic heterocycles. The van der Waals surface area contributed by atoms with Crippen LogP contribution in [-0.2, 0) is 0 Å². The van der Waals surface area contributed by atoms with Crippen molar-refractivity contribution >= 4 is 0 Å². The van der Waals surface area contributed by atoms with Crippen LogP contribution < -0.4 is 11.1 Å². The average molecular weight is 196 g/mol. The molecule has 1 aliphatic carbocycles. The third kappa shape index (κ3) is 3.10. The molecule has 82 valence electrons. The van der Waals surface area contributed by atoms with Gasteiger partial charge in [0.2, 0.25) is 0 Å². The van der Waals surface area contributed by atoms with E-state index in [4.69, 9.17) is 5.73 Å². The second-order valence-electron chi connectivity index (χ2n) is 4.98. The minimum absolute atomic E-state index is 0.200. The molecule has 0 aliphatic heterocycles. The number of nitrogens with one attached hydrogen (secondary N) is 1. The van der Waals surface area contributed by atoms with Crippen molar-refractivity contribution in [1.29, 1.82) is 0 Å². The summed E-state index contributed by atoms with van der Waals surface area (Å²) in [5.74, 6) is 0.876. The largest absolute Gasteiger partial charge is 0.329 e. The summed E-state index contributed by atoms with van der Waals surface area (Å²) in [4.78, 5) is 0. The molecular formula is C12H24N2. The van der Waals surface area contributed by atoms with Gasteiger partial charge in [0, 0.05) is 18.6 Å². The van der Waals surface area contributed by atoms with E-state index >= 15 is 0 Å². The lowest BCUT2D eigenvalue weighted by molar-refractivity contribution is 0.207. The van der Waals surface area contributed by atoms with Crippen molar-refractivity contribution in [3.05, 3.63) is 12.2 Å². The molecule has 0 amide bonds. The molecule has 3 N–H and O–H groups in total. The average Bonchev–Trinajstić information content (AvgIpc) is 2.18. The SMILES string of the molecule is C=C(C)CNC1(CN)CCC(C)CC1. The maximum absolute atomic E-state index is 5.88. The first-order chi connectivity index (χ1) is 6.58. The maximum atomic E-state index is 5.88. The van der Waals surface area contributed by atoms with Gasteiger partial charge in [-0.2, -0.15) is 0 Å². The molecule has 0 spiro atoms. The van der Waals surface area contributed by atoms with E-state index in [2.05, 4.69) is 25.7 Å². The first-order valence-corrected chi connectivity index (χ1v) is 5.67. The third-order valence-electron chi connectivity index (χ3n) is 3.39. The molecule has 2 nitrogen and oxygen atoms in total. The Morgan fingerprint density at radius 2 is 2.07 bits per heavy atom. The lowest BCUT2D eigenvalue weighted by Crippen LogP contribution is -2.53. The van der Waals surface area contributed by atoms with Crippen LogP contribution in [0.2, 0.25) is 0 Å². The molecule has 0 aromatic rings. The van der Waals surface area contributed by atoms with Crippen LogP contribution in [0.1, 0.15) is 39.5 Å². The number of hydrogen-bond donors (Lipinski definition) is 2. The molecule has 2 heteroatoms. The Balaban J connectivity index is 2.45. The summed E-state index contributed by atoms with van der Waals surface area (Å²) in [7, 11) is 0. The quantitative estimate of drug-likeness (QED) is 0.675. The lowest BCUT2D eigenvalue weighted by Gasteiger charge is -2.39. The summed E-state index contributed by atoms with van der Waals surface area (Å²) < 4.78 is 0. The molecule has 0 heterocycles. The highest BCUT2D eigenvalue weighted by Crippen LogP contribution is 2.31. The summed E-state index contributed by atoms with van der Waals surface area (Å²) in [6, 6.07) is 0. The van der Waals surface area contributed by atoms with Gasteiger partial charge in [-0.15, -0.1) is 0 Å². The molecule has 1 rings (SSSR count). The monoisotopic (exact) mass is 196 g/mol. The lowest BCUT2D eigenvalue weighted by atomic mass is 9.77. The van der Waals surface area contributed by atoms with Crippen LogP contribution in [0.5, 0.6) is 0 Å². The van der Waals surface area contributed by atoms with E-state index in [-0.39, 0.29) is 5.54 Å². The fourth-order valence-electron chi connectivity index (χ4n) is 2.11. The van der Waals surface area contributed by atoms with Crippen molar-refractivity contribution in [2.45, 2.75) is 45.1 Å².